The van der Waals surface area contributed by atoms with E-state index in [0.29, 0.717) is 54.0 Å². The second-order valence-electron chi connectivity index (χ2n) is 9.24. The highest BCUT2D eigenvalue weighted by Gasteiger charge is 2.23. The number of benzene rings is 3. The zero-order chi connectivity index (χ0) is 27.7. The molecule has 5 rings (SSSR count). The number of nitro benzene ring substituents is 1. The molecule has 1 saturated heterocycles. The number of carbonyl (C=O) groups excluding carboxylic acids is 1. The highest BCUT2D eigenvalue weighted by Crippen LogP contribution is 2.33. The number of fused-ring (bicyclic) bond motifs is 1. The summed E-state index contributed by atoms with van der Waals surface area (Å²) in [7, 11) is 1.67. The van der Waals surface area contributed by atoms with E-state index in [1.165, 1.54) is 17.9 Å². The lowest BCUT2D eigenvalue weighted by Crippen LogP contribution is -2.36. The Balaban J connectivity index is 1.79. The molecule has 0 bridgehead atoms. The van der Waals surface area contributed by atoms with Gasteiger partial charge in [-0.2, -0.15) is 9.78 Å². The van der Waals surface area contributed by atoms with Crippen LogP contribution in [-0.2, 0) is 9.53 Å². The molecule has 2 heterocycles. The predicted molar refractivity (Wildman–Crippen MR) is 152 cm³/mol. The average molecular weight is 526 g/mol. The van der Waals surface area contributed by atoms with Crippen molar-refractivity contribution in [1.29, 1.82) is 0 Å². The summed E-state index contributed by atoms with van der Waals surface area (Å²) in [4.78, 5) is 41.0. The monoisotopic (exact) mass is 525 g/mol. The Morgan fingerprint density at radius 3 is 2.49 bits per heavy atom. The van der Waals surface area contributed by atoms with Crippen LogP contribution in [0.3, 0.4) is 0 Å². The van der Waals surface area contributed by atoms with Gasteiger partial charge in [-0.1, -0.05) is 30.9 Å². The molecule has 4 aromatic rings. The molecule has 0 aliphatic carbocycles. The molecule has 3 aromatic carbocycles. The van der Waals surface area contributed by atoms with Crippen LogP contribution in [0.4, 0.5) is 17.1 Å². The fraction of sp³-hybridized carbons (Fsp3) is 0.207. The standard InChI is InChI=1S/C29H27N5O5/c1-4-20-15-21(17-23(16-20)31(3)19(2)35)28-24-7-5-6-8-25(24)29(36)33(30-28)27-18-22(9-10-26(27)34(37)38)32-11-13-39-14-12-32/h4-10,15-18H,1,11-14H2,2-3H3. The highest BCUT2D eigenvalue weighted by molar-refractivity contribution is 5.97. The molecule has 0 unspecified atom stereocenters. The maximum atomic E-state index is 13.7. The van der Waals surface area contributed by atoms with Crippen molar-refractivity contribution >= 4 is 39.8 Å². The second kappa shape index (κ2) is 10.5. The number of anilines is 2. The van der Waals surface area contributed by atoms with Crippen LogP contribution in [0.25, 0.3) is 33.8 Å². The summed E-state index contributed by atoms with van der Waals surface area (Å²) in [6.07, 6.45) is 1.66. The zero-order valence-corrected chi connectivity index (χ0v) is 21.7. The molecule has 1 fully saturated rings. The van der Waals surface area contributed by atoms with Crippen molar-refractivity contribution in [2.24, 2.45) is 0 Å². The summed E-state index contributed by atoms with van der Waals surface area (Å²) in [5.41, 5.74) is 2.55. The Morgan fingerprint density at radius 1 is 1.10 bits per heavy atom. The van der Waals surface area contributed by atoms with Gasteiger partial charge < -0.3 is 14.5 Å². The van der Waals surface area contributed by atoms with Gasteiger partial charge in [-0.15, -0.1) is 0 Å². The van der Waals surface area contributed by atoms with Crippen molar-refractivity contribution in [3.63, 3.8) is 0 Å². The number of aromatic nitrogens is 2. The first-order valence-corrected chi connectivity index (χ1v) is 12.4. The number of hydrogen-bond donors (Lipinski definition) is 0. The van der Waals surface area contributed by atoms with E-state index in [1.807, 2.05) is 12.1 Å². The lowest BCUT2D eigenvalue weighted by Gasteiger charge is -2.29. The number of nitro groups is 1. The maximum Gasteiger partial charge on any atom is 0.295 e. The SMILES string of the molecule is C=Cc1cc(-c2nn(-c3cc(N4CCOCC4)ccc3[N+](=O)[O-])c(=O)c3ccccc23)cc(N(C)C(C)=O)c1. The summed E-state index contributed by atoms with van der Waals surface area (Å²) in [5.74, 6) is -0.152. The Morgan fingerprint density at radius 2 is 1.82 bits per heavy atom. The molecule has 0 spiro atoms. The Labute approximate surface area is 224 Å². The molecule has 0 saturated carbocycles. The van der Waals surface area contributed by atoms with E-state index >= 15 is 0 Å². The minimum Gasteiger partial charge on any atom is -0.378 e. The lowest BCUT2D eigenvalue weighted by atomic mass is 10.0. The Kier molecular flexibility index (Phi) is 6.95. The minimum absolute atomic E-state index is 0.0712. The number of amides is 1. The number of hydrogen-bond acceptors (Lipinski definition) is 7. The first-order valence-electron chi connectivity index (χ1n) is 12.4. The number of rotatable bonds is 6. The van der Waals surface area contributed by atoms with Gasteiger partial charge in [-0.3, -0.25) is 19.7 Å². The number of ether oxygens (including phenoxy) is 1. The molecule has 1 aliphatic rings. The summed E-state index contributed by atoms with van der Waals surface area (Å²) in [6, 6.07) is 17.2. The fourth-order valence-electron chi connectivity index (χ4n) is 4.68. The van der Waals surface area contributed by atoms with E-state index in [4.69, 9.17) is 9.84 Å². The highest BCUT2D eigenvalue weighted by atomic mass is 16.6. The van der Waals surface area contributed by atoms with E-state index in [2.05, 4.69) is 11.5 Å². The van der Waals surface area contributed by atoms with Crippen molar-refractivity contribution < 1.29 is 14.5 Å². The summed E-state index contributed by atoms with van der Waals surface area (Å²) >= 11 is 0. The normalized spacial score (nSPS) is 13.3. The van der Waals surface area contributed by atoms with Gasteiger partial charge in [0.2, 0.25) is 5.91 Å². The lowest BCUT2D eigenvalue weighted by molar-refractivity contribution is -0.384. The maximum absolute atomic E-state index is 13.7. The van der Waals surface area contributed by atoms with Gasteiger partial charge in [0.25, 0.3) is 11.2 Å². The number of nitrogens with zero attached hydrogens (tertiary/aromatic N) is 5. The molecule has 0 radical (unpaired) electrons. The first kappa shape index (κ1) is 25.8. The smallest absolute Gasteiger partial charge is 0.295 e. The van der Waals surface area contributed by atoms with Crippen LogP contribution in [-0.4, -0.2) is 54.0 Å². The van der Waals surface area contributed by atoms with Gasteiger partial charge in [0.15, 0.2) is 0 Å². The number of morpholine rings is 1. The molecule has 1 aliphatic heterocycles. The molecule has 39 heavy (non-hydrogen) atoms. The Bertz CT molecular complexity index is 1670. The third-order valence-corrected chi connectivity index (χ3v) is 6.87. The van der Waals surface area contributed by atoms with E-state index in [0.717, 1.165) is 15.9 Å². The minimum atomic E-state index is -0.514. The molecule has 1 aromatic heterocycles. The second-order valence-corrected chi connectivity index (χ2v) is 9.24. The molecular weight excluding hydrogens is 498 g/mol. The molecule has 10 heteroatoms. The van der Waals surface area contributed by atoms with Crippen LogP contribution < -0.4 is 15.4 Å². The van der Waals surface area contributed by atoms with Crippen LogP contribution in [0.1, 0.15) is 12.5 Å². The van der Waals surface area contributed by atoms with E-state index in [1.54, 1.807) is 55.6 Å². The predicted octanol–water partition coefficient (Wildman–Crippen LogP) is 4.42. The average Bonchev–Trinajstić information content (AvgIpc) is 2.96. The molecule has 198 valence electrons. The molecule has 1 amide bonds. The van der Waals surface area contributed by atoms with Crippen molar-refractivity contribution in [1.82, 2.24) is 9.78 Å². The first-order chi connectivity index (χ1) is 18.8. The summed E-state index contributed by atoms with van der Waals surface area (Å²) < 4.78 is 6.55. The zero-order valence-electron chi connectivity index (χ0n) is 21.7. The quantitative estimate of drug-likeness (QED) is 0.271. The largest absolute Gasteiger partial charge is 0.378 e. The van der Waals surface area contributed by atoms with Crippen molar-refractivity contribution in [2.45, 2.75) is 6.92 Å². The van der Waals surface area contributed by atoms with Gasteiger partial charge in [0, 0.05) is 55.5 Å². The Hall–Kier alpha value is -4.83. The van der Waals surface area contributed by atoms with Gasteiger partial charge in [-0.05, 0) is 42.0 Å². The number of carbonyl (C=O) groups is 1. The molecule has 10 nitrogen and oxygen atoms in total. The summed E-state index contributed by atoms with van der Waals surface area (Å²) in [5, 5.41) is 17.7. The summed E-state index contributed by atoms with van der Waals surface area (Å²) in [6.45, 7) is 7.68. The molecule has 0 N–H and O–H groups in total. The van der Waals surface area contributed by atoms with Crippen molar-refractivity contribution in [3.05, 3.63) is 93.3 Å². The van der Waals surface area contributed by atoms with Crippen LogP contribution >= 0.6 is 0 Å². The third-order valence-electron chi connectivity index (χ3n) is 6.87. The van der Waals surface area contributed by atoms with Crippen LogP contribution in [0, 0.1) is 10.1 Å². The molecule has 0 atom stereocenters. The van der Waals surface area contributed by atoms with Crippen molar-refractivity contribution in [2.75, 3.05) is 43.2 Å². The molecular formula is C29H27N5O5. The van der Waals surface area contributed by atoms with Gasteiger partial charge in [0.1, 0.15) is 5.69 Å². The van der Waals surface area contributed by atoms with E-state index < -0.39 is 10.5 Å². The van der Waals surface area contributed by atoms with Crippen LogP contribution in [0.15, 0.2) is 72.0 Å². The van der Waals surface area contributed by atoms with Gasteiger partial charge in [0.05, 0.1) is 29.2 Å². The topological polar surface area (TPSA) is 111 Å². The van der Waals surface area contributed by atoms with Crippen LogP contribution in [0.2, 0.25) is 0 Å². The fourth-order valence-corrected chi connectivity index (χ4v) is 4.68. The van der Waals surface area contributed by atoms with E-state index in [-0.39, 0.29) is 17.3 Å². The van der Waals surface area contributed by atoms with Crippen molar-refractivity contribution in [3.8, 4) is 16.9 Å². The van der Waals surface area contributed by atoms with Crippen LogP contribution in [0.5, 0.6) is 0 Å². The van der Waals surface area contributed by atoms with Gasteiger partial charge in [-0.25, -0.2) is 0 Å². The van der Waals surface area contributed by atoms with Gasteiger partial charge >= 0.3 is 0 Å². The third kappa shape index (κ3) is 4.89. The van der Waals surface area contributed by atoms with E-state index in [9.17, 15) is 19.7 Å².